The van der Waals surface area contributed by atoms with Crippen molar-refractivity contribution in [3.8, 4) is 0 Å². The first kappa shape index (κ1) is 16.7. The number of carbonyl (C=O) groups is 2. The summed E-state index contributed by atoms with van der Waals surface area (Å²) in [6.07, 6.45) is 0.300. The second-order valence-electron chi connectivity index (χ2n) is 5.99. The summed E-state index contributed by atoms with van der Waals surface area (Å²) in [7, 11) is 1.71. The standard InChI is InChI=1S/C21H20N2O2/c1-15(24)23(2)19-11-6-10-18(14-19)22-21(25)13-17-9-5-8-16-7-3-4-12-20(16)17/h3-12,14H,13H2,1-2H3,(H,22,25). The van der Waals surface area contributed by atoms with Crippen LogP contribution in [0.5, 0.6) is 0 Å². The van der Waals surface area contributed by atoms with Crippen LogP contribution in [0.3, 0.4) is 0 Å². The molecule has 0 radical (unpaired) electrons. The maximum Gasteiger partial charge on any atom is 0.228 e. The van der Waals surface area contributed by atoms with Crippen LogP contribution in [-0.4, -0.2) is 18.9 Å². The van der Waals surface area contributed by atoms with Crippen LogP contribution in [0.1, 0.15) is 12.5 Å². The smallest absolute Gasteiger partial charge is 0.228 e. The predicted molar refractivity (Wildman–Crippen MR) is 102 cm³/mol. The highest BCUT2D eigenvalue weighted by Crippen LogP contribution is 2.21. The van der Waals surface area contributed by atoms with Gasteiger partial charge in [-0.1, -0.05) is 48.5 Å². The van der Waals surface area contributed by atoms with Gasteiger partial charge in [0.2, 0.25) is 11.8 Å². The van der Waals surface area contributed by atoms with Gasteiger partial charge in [0.15, 0.2) is 0 Å². The summed E-state index contributed by atoms with van der Waals surface area (Å²) in [6.45, 7) is 1.51. The lowest BCUT2D eigenvalue weighted by Gasteiger charge is -2.16. The van der Waals surface area contributed by atoms with Crippen molar-refractivity contribution in [2.75, 3.05) is 17.3 Å². The molecule has 0 aliphatic heterocycles. The monoisotopic (exact) mass is 332 g/mol. The van der Waals surface area contributed by atoms with Gasteiger partial charge in [0.05, 0.1) is 6.42 Å². The topological polar surface area (TPSA) is 49.4 Å². The number of amides is 2. The number of benzene rings is 3. The Morgan fingerprint density at radius 1 is 0.960 bits per heavy atom. The van der Waals surface area contributed by atoms with Crippen LogP contribution >= 0.6 is 0 Å². The van der Waals surface area contributed by atoms with Crippen molar-refractivity contribution in [2.45, 2.75) is 13.3 Å². The SMILES string of the molecule is CC(=O)N(C)c1cccc(NC(=O)Cc2cccc3ccccc23)c1. The fourth-order valence-corrected chi connectivity index (χ4v) is 2.80. The molecule has 25 heavy (non-hydrogen) atoms. The van der Waals surface area contributed by atoms with E-state index in [0.29, 0.717) is 12.1 Å². The molecule has 1 N–H and O–H groups in total. The summed E-state index contributed by atoms with van der Waals surface area (Å²) >= 11 is 0. The van der Waals surface area contributed by atoms with E-state index >= 15 is 0 Å². The van der Waals surface area contributed by atoms with E-state index in [0.717, 1.165) is 22.0 Å². The molecule has 4 nitrogen and oxygen atoms in total. The van der Waals surface area contributed by atoms with E-state index in [4.69, 9.17) is 0 Å². The molecule has 3 rings (SSSR count). The highest BCUT2D eigenvalue weighted by Gasteiger charge is 2.09. The maximum atomic E-state index is 12.4. The van der Waals surface area contributed by atoms with Crippen LogP contribution in [0.25, 0.3) is 10.8 Å². The summed E-state index contributed by atoms with van der Waals surface area (Å²) < 4.78 is 0. The van der Waals surface area contributed by atoms with Gasteiger partial charge in [0, 0.05) is 25.3 Å². The summed E-state index contributed by atoms with van der Waals surface area (Å²) in [5.41, 5.74) is 2.42. The van der Waals surface area contributed by atoms with Crippen LogP contribution in [0.4, 0.5) is 11.4 Å². The van der Waals surface area contributed by atoms with Crippen molar-refractivity contribution < 1.29 is 9.59 Å². The number of anilines is 2. The van der Waals surface area contributed by atoms with Crippen LogP contribution in [-0.2, 0) is 16.0 Å². The van der Waals surface area contributed by atoms with Crippen molar-refractivity contribution in [2.24, 2.45) is 0 Å². The minimum Gasteiger partial charge on any atom is -0.326 e. The number of rotatable bonds is 4. The number of nitrogens with zero attached hydrogens (tertiary/aromatic N) is 1. The van der Waals surface area contributed by atoms with Crippen LogP contribution in [0.2, 0.25) is 0 Å². The lowest BCUT2D eigenvalue weighted by molar-refractivity contribution is -0.116. The zero-order chi connectivity index (χ0) is 17.8. The van der Waals surface area contributed by atoms with Gasteiger partial charge in [-0.2, -0.15) is 0 Å². The Labute approximate surface area is 147 Å². The van der Waals surface area contributed by atoms with Gasteiger partial charge in [-0.15, -0.1) is 0 Å². The normalized spacial score (nSPS) is 10.5. The molecule has 0 aliphatic rings. The van der Waals surface area contributed by atoms with Crippen LogP contribution in [0, 0.1) is 0 Å². The number of fused-ring (bicyclic) bond motifs is 1. The fourth-order valence-electron chi connectivity index (χ4n) is 2.80. The first-order valence-electron chi connectivity index (χ1n) is 8.15. The Hall–Kier alpha value is -3.14. The predicted octanol–water partition coefficient (Wildman–Crippen LogP) is 4.00. The molecular weight excluding hydrogens is 312 g/mol. The minimum atomic E-state index is -0.0843. The summed E-state index contributed by atoms with van der Waals surface area (Å²) in [6, 6.07) is 21.3. The van der Waals surface area contributed by atoms with Gasteiger partial charge in [0.25, 0.3) is 0 Å². The molecule has 3 aromatic carbocycles. The van der Waals surface area contributed by atoms with Crippen molar-refractivity contribution in [1.29, 1.82) is 0 Å². The highest BCUT2D eigenvalue weighted by atomic mass is 16.2. The molecule has 0 atom stereocenters. The van der Waals surface area contributed by atoms with E-state index in [1.807, 2.05) is 60.7 Å². The van der Waals surface area contributed by atoms with Crippen LogP contribution in [0.15, 0.2) is 66.7 Å². The lowest BCUT2D eigenvalue weighted by Crippen LogP contribution is -2.23. The molecule has 0 saturated heterocycles. The molecule has 4 heteroatoms. The average Bonchev–Trinajstić information content (AvgIpc) is 2.61. The van der Waals surface area contributed by atoms with E-state index in [9.17, 15) is 9.59 Å². The van der Waals surface area contributed by atoms with Crippen molar-refractivity contribution in [1.82, 2.24) is 0 Å². The maximum absolute atomic E-state index is 12.4. The van der Waals surface area contributed by atoms with Crippen molar-refractivity contribution >= 4 is 34.0 Å². The second-order valence-corrected chi connectivity index (χ2v) is 5.99. The molecule has 126 valence electrons. The van der Waals surface area contributed by atoms with Gasteiger partial charge < -0.3 is 10.2 Å². The molecule has 2 amide bonds. The Bertz CT molecular complexity index is 929. The number of carbonyl (C=O) groups excluding carboxylic acids is 2. The van der Waals surface area contributed by atoms with Gasteiger partial charge in [-0.3, -0.25) is 9.59 Å². The molecule has 0 unspecified atom stereocenters. The summed E-state index contributed by atoms with van der Waals surface area (Å²) in [4.78, 5) is 25.5. The molecule has 0 saturated carbocycles. The van der Waals surface area contributed by atoms with Crippen molar-refractivity contribution in [3.63, 3.8) is 0 Å². The van der Waals surface area contributed by atoms with E-state index in [1.54, 1.807) is 18.0 Å². The Morgan fingerprint density at radius 3 is 2.48 bits per heavy atom. The third-order valence-electron chi connectivity index (χ3n) is 4.22. The minimum absolute atomic E-state index is 0.0563. The number of hydrogen-bond donors (Lipinski definition) is 1. The van der Waals surface area contributed by atoms with E-state index in [2.05, 4.69) is 5.32 Å². The van der Waals surface area contributed by atoms with E-state index < -0.39 is 0 Å². The number of nitrogens with one attached hydrogen (secondary N) is 1. The van der Waals surface area contributed by atoms with Gasteiger partial charge in [0.1, 0.15) is 0 Å². The van der Waals surface area contributed by atoms with Gasteiger partial charge in [-0.05, 0) is 34.5 Å². The number of hydrogen-bond acceptors (Lipinski definition) is 2. The van der Waals surface area contributed by atoms with Crippen LogP contribution < -0.4 is 10.2 Å². The van der Waals surface area contributed by atoms with Gasteiger partial charge in [-0.25, -0.2) is 0 Å². The fraction of sp³-hybridized carbons (Fsp3) is 0.143. The molecule has 0 aliphatic carbocycles. The third kappa shape index (κ3) is 3.86. The molecule has 0 aromatic heterocycles. The summed E-state index contributed by atoms with van der Waals surface area (Å²) in [5, 5.41) is 5.12. The van der Waals surface area contributed by atoms with E-state index in [1.165, 1.54) is 6.92 Å². The molecule has 0 fully saturated rings. The Morgan fingerprint density at radius 2 is 1.68 bits per heavy atom. The third-order valence-corrected chi connectivity index (χ3v) is 4.22. The Balaban J connectivity index is 1.76. The quantitative estimate of drug-likeness (QED) is 0.785. The Kier molecular flexibility index (Phi) is 4.80. The van der Waals surface area contributed by atoms with Crippen molar-refractivity contribution in [3.05, 3.63) is 72.3 Å². The molecule has 0 bridgehead atoms. The average molecular weight is 332 g/mol. The zero-order valence-electron chi connectivity index (χ0n) is 14.3. The first-order chi connectivity index (χ1) is 12.0. The molecule has 0 spiro atoms. The second kappa shape index (κ2) is 7.18. The molecular formula is C21H20N2O2. The lowest BCUT2D eigenvalue weighted by atomic mass is 10.0. The summed E-state index contributed by atoms with van der Waals surface area (Å²) in [5.74, 6) is -0.141. The first-order valence-corrected chi connectivity index (χ1v) is 8.15. The van der Waals surface area contributed by atoms with E-state index in [-0.39, 0.29) is 11.8 Å². The van der Waals surface area contributed by atoms with Gasteiger partial charge >= 0.3 is 0 Å². The molecule has 0 heterocycles. The zero-order valence-corrected chi connectivity index (χ0v) is 14.3. The highest BCUT2D eigenvalue weighted by molar-refractivity contribution is 5.97. The molecule has 3 aromatic rings. The largest absolute Gasteiger partial charge is 0.326 e.